The van der Waals surface area contributed by atoms with Crippen LogP contribution in [-0.4, -0.2) is 29.1 Å². The summed E-state index contributed by atoms with van der Waals surface area (Å²) in [5, 5.41) is 5.95. The molecule has 3 aromatic rings. The molecule has 0 aliphatic rings. The third-order valence-corrected chi connectivity index (χ3v) is 3.75. The number of para-hydroxylation sites is 2. The topological polar surface area (TPSA) is 85.4 Å². The van der Waals surface area contributed by atoms with Crippen LogP contribution in [-0.2, 0) is 0 Å². The molecular weight excluding hydrogens is 356 g/mol. The van der Waals surface area contributed by atoms with Crippen molar-refractivity contribution in [1.82, 2.24) is 9.97 Å². The Morgan fingerprint density at radius 1 is 1.04 bits per heavy atom. The van der Waals surface area contributed by atoms with E-state index in [9.17, 15) is 4.79 Å². The molecule has 1 heterocycles. The van der Waals surface area contributed by atoms with Crippen LogP contribution < -0.4 is 20.1 Å². The average Bonchev–Trinajstić information content (AvgIpc) is 2.70. The molecule has 2 N–H and O–H groups in total. The van der Waals surface area contributed by atoms with Crippen LogP contribution in [0.15, 0.2) is 60.9 Å². The van der Waals surface area contributed by atoms with Crippen molar-refractivity contribution in [1.29, 1.82) is 0 Å². The zero-order valence-corrected chi connectivity index (χ0v) is 16.0. The molecule has 0 unspecified atom stereocenters. The summed E-state index contributed by atoms with van der Waals surface area (Å²) < 4.78 is 10.9. The molecule has 1 aromatic heterocycles. The zero-order chi connectivity index (χ0) is 19.9. The molecule has 0 aliphatic carbocycles. The molecule has 0 atom stereocenters. The lowest BCUT2D eigenvalue weighted by atomic mass is 10.2. The first-order valence-electron chi connectivity index (χ1n) is 8.85. The van der Waals surface area contributed by atoms with Crippen LogP contribution in [0.1, 0.15) is 24.3 Å². The maximum atomic E-state index is 12.5. The van der Waals surface area contributed by atoms with Gasteiger partial charge in [-0.15, -0.1) is 0 Å². The Kier molecular flexibility index (Phi) is 6.06. The number of nitrogens with zero attached hydrogens (tertiary/aromatic N) is 2. The van der Waals surface area contributed by atoms with Gasteiger partial charge in [-0.05, 0) is 50.2 Å². The molecule has 0 saturated carbocycles. The number of anilines is 3. The SMILES string of the molecule is COc1ccccc1NC(=O)c1cc(Nc2ccc(OC(C)C)cc2)ncn1. The molecule has 0 radical (unpaired) electrons. The van der Waals surface area contributed by atoms with Crippen LogP contribution in [0.4, 0.5) is 17.2 Å². The Labute approximate surface area is 163 Å². The fourth-order valence-electron chi connectivity index (χ4n) is 2.52. The smallest absolute Gasteiger partial charge is 0.274 e. The van der Waals surface area contributed by atoms with Gasteiger partial charge in [0.1, 0.15) is 29.3 Å². The predicted molar refractivity (Wildman–Crippen MR) is 108 cm³/mol. The van der Waals surface area contributed by atoms with Gasteiger partial charge in [-0.1, -0.05) is 12.1 Å². The van der Waals surface area contributed by atoms with Crippen molar-refractivity contribution in [3.63, 3.8) is 0 Å². The number of hydrogen-bond donors (Lipinski definition) is 2. The van der Waals surface area contributed by atoms with E-state index in [-0.39, 0.29) is 17.7 Å². The number of rotatable bonds is 7. The summed E-state index contributed by atoms with van der Waals surface area (Å²) in [6.45, 7) is 3.95. The second kappa shape index (κ2) is 8.85. The number of methoxy groups -OCH3 is 1. The van der Waals surface area contributed by atoms with E-state index in [2.05, 4.69) is 20.6 Å². The van der Waals surface area contributed by atoms with E-state index in [4.69, 9.17) is 9.47 Å². The molecule has 0 fully saturated rings. The Morgan fingerprint density at radius 3 is 2.50 bits per heavy atom. The minimum Gasteiger partial charge on any atom is -0.495 e. The van der Waals surface area contributed by atoms with Crippen molar-refractivity contribution >= 4 is 23.1 Å². The average molecular weight is 378 g/mol. The van der Waals surface area contributed by atoms with E-state index in [1.807, 2.05) is 50.2 Å². The van der Waals surface area contributed by atoms with Crippen molar-refractivity contribution in [2.24, 2.45) is 0 Å². The largest absolute Gasteiger partial charge is 0.495 e. The Morgan fingerprint density at radius 2 is 1.79 bits per heavy atom. The van der Waals surface area contributed by atoms with Gasteiger partial charge >= 0.3 is 0 Å². The number of benzene rings is 2. The standard InChI is InChI=1S/C21H22N4O3/c1-14(2)28-16-10-8-15(9-11-16)24-20-12-18(22-13-23-20)21(26)25-17-6-4-5-7-19(17)27-3/h4-14H,1-3H3,(H,25,26)(H,22,23,24). The van der Waals surface area contributed by atoms with Gasteiger partial charge in [-0.25, -0.2) is 9.97 Å². The van der Waals surface area contributed by atoms with Crippen LogP contribution in [0, 0.1) is 0 Å². The third kappa shape index (κ3) is 4.97. The maximum absolute atomic E-state index is 12.5. The number of hydrogen-bond acceptors (Lipinski definition) is 6. The first-order valence-corrected chi connectivity index (χ1v) is 8.85. The number of amides is 1. The van der Waals surface area contributed by atoms with E-state index in [0.29, 0.717) is 17.3 Å². The van der Waals surface area contributed by atoms with Crippen LogP contribution in [0.3, 0.4) is 0 Å². The van der Waals surface area contributed by atoms with Crippen LogP contribution in [0.5, 0.6) is 11.5 Å². The first kappa shape index (κ1) is 19.2. The number of carbonyl (C=O) groups excluding carboxylic acids is 1. The van der Waals surface area contributed by atoms with Gasteiger partial charge in [0.15, 0.2) is 0 Å². The van der Waals surface area contributed by atoms with E-state index in [0.717, 1.165) is 11.4 Å². The molecule has 28 heavy (non-hydrogen) atoms. The molecular formula is C21H22N4O3. The number of aromatic nitrogens is 2. The lowest BCUT2D eigenvalue weighted by molar-refractivity contribution is 0.102. The normalized spacial score (nSPS) is 10.4. The van der Waals surface area contributed by atoms with E-state index >= 15 is 0 Å². The second-order valence-corrected chi connectivity index (χ2v) is 6.26. The monoisotopic (exact) mass is 378 g/mol. The van der Waals surface area contributed by atoms with Gasteiger partial charge < -0.3 is 20.1 Å². The van der Waals surface area contributed by atoms with E-state index < -0.39 is 0 Å². The molecule has 0 spiro atoms. The van der Waals surface area contributed by atoms with Crippen molar-refractivity contribution in [3.8, 4) is 11.5 Å². The lowest BCUT2D eigenvalue weighted by Crippen LogP contribution is -2.15. The molecule has 144 valence electrons. The molecule has 0 bridgehead atoms. The number of ether oxygens (including phenoxy) is 2. The highest BCUT2D eigenvalue weighted by atomic mass is 16.5. The van der Waals surface area contributed by atoms with Crippen LogP contribution in [0.25, 0.3) is 0 Å². The minimum atomic E-state index is -0.351. The summed E-state index contributed by atoms with van der Waals surface area (Å²) in [6.07, 6.45) is 1.46. The summed E-state index contributed by atoms with van der Waals surface area (Å²) in [5.74, 6) is 1.53. The highest BCUT2D eigenvalue weighted by Crippen LogP contribution is 2.24. The quantitative estimate of drug-likeness (QED) is 0.639. The summed E-state index contributed by atoms with van der Waals surface area (Å²) in [6, 6.07) is 16.3. The van der Waals surface area contributed by atoms with Gasteiger partial charge in [-0.2, -0.15) is 0 Å². The van der Waals surface area contributed by atoms with E-state index in [1.165, 1.54) is 6.33 Å². The van der Waals surface area contributed by atoms with Gasteiger partial charge in [-0.3, -0.25) is 4.79 Å². The van der Waals surface area contributed by atoms with Crippen molar-refractivity contribution in [2.75, 3.05) is 17.7 Å². The zero-order valence-electron chi connectivity index (χ0n) is 16.0. The molecule has 3 rings (SSSR count). The van der Waals surface area contributed by atoms with Crippen molar-refractivity contribution in [2.45, 2.75) is 20.0 Å². The maximum Gasteiger partial charge on any atom is 0.274 e. The number of carbonyl (C=O) groups is 1. The molecule has 7 nitrogen and oxygen atoms in total. The van der Waals surface area contributed by atoms with Gasteiger partial charge in [0.05, 0.1) is 18.9 Å². The molecule has 0 aliphatic heterocycles. The van der Waals surface area contributed by atoms with Crippen LogP contribution in [0.2, 0.25) is 0 Å². The first-order chi connectivity index (χ1) is 13.5. The predicted octanol–water partition coefficient (Wildman–Crippen LogP) is 4.27. The van der Waals surface area contributed by atoms with Crippen molar-refractivity contribution in [3.05, 3.63) is 66.6 Å². The van der Waals surface area contributed by atoms with Gasteiger partial charge in [0, 0.05) is 11.8 Å². The Hall–Kier alpha value is -3.61. The fourth-order valence-corrected chi connectivity index (χ4v) is 2.52. The summed E-state index contributed by atoms with van der Waals surface area (Å²) in [5.41, 5.74) is 1.64. The highest BCUT2D eigenvalue weighted by Gasteiger charge is 2.12. The molecule has 1 amide bonds. The molecule has 0 saturated heterocycles. The highest BCUT2D eigenvalue weighted by molar-refractivity contribution is 6.04. The number of nitrogens with one attached hydrogen (secondary N) is 2. The lowest BCUT2D eigenvalue weighted by Gasteiger charge is -2.11. The molecule has 2 aromatic carbocycles. The van der Waals surface area contributed by atoms with E-state index in [1.54, 1.807) is 25.3 Å². The van der Waals surface area contributed by atoms with Crippen LogP contribution >= 0.6 is 0 Å². The Bertz CT molecular complexity index is 942. The minimum absolute atomic E-state index is 0.116. The summed E-state index contributed by atoms with van der Waals surface area (Å²) >= 11 is 0. The summed E-state index contributed by atoms with van der Waals surface area (Å²) in [7, 11) is 1.55. The van der Waals surface area contributed by atoms with Gasteiger partial charge in [0.25, 0.3) is 5.91 Å². The fraction of sp³-hybridized carbons (Fsp3) is 0.190. The van der Waals surface area contributed by atoms with Crippen molar-refractivity contribution < 1.29 is 14.3 Å². The van der Waals surface area contributed by atoms with Gasteiger partial charge in [0.2, 0.25) is 0 Å². The second-order valence-electron chi connectivity index (χ2n) is 6.26. The molecule has 7 heteroatoms. The Balaban J connectivity index is 1.70. The third-order valence-electron chi connectivity index (χ3n) is 3.75. The summed E-state index contributed by atoms with van der Waals surface area (Å²) in [4.78, 5) is 20.8.